The van der Waals surface area contributed by atoms with Gasteiger partial charge in [-0.3, -0.25) is 4.79 Å². The van der Waals surface area contributed by atoms with E-state index in [1.165, 1.54) is 4.80 Å². The number of piperidine rings is 1. The summed E-state index contributed by atoms with van der Waals surface area (Å²) in [7, 11) is 0. The summed E-state index contributed by atoms with van der Waals surface area (Å²) in [6.45, 7) is 3.11. The molecule has 0 unspecified atom stereocenters. The van der Waals surface area contributed by atoms with Crippen molar-refractivity contribution in [1.82, 2.24) is 30.8 Å². The highest BCUT2D eigenvalue weighted by Crippen LogP contribution is 2.16. The van der Waals surface area contributed by atoms with Crippen LogP contribution >= 0.6 is 11.6 Å². The fourth-order valence-electron chi connectivity index (χ4n) is 2.69. The van der Waals surface area contributed by atoms with Gasteiger partial charge in [0.05, 0.1) is 0 Å². The van der Waals surface area contributed by atoms with Crippen molar-refractivity contribution in [3.63, 3.8) is 0 Å². The average molecular weight is 335 g/mol. The van der Waals surface area contributed by atoms with Crippen LogP contribution in [0.5, 0.6) is 0 Å². The molecule has 122 valence electrons. The SMILES string of the molecule is C[C@@H]1C[C@@H](NC(=O)Cn2nnc(-c3ccc(Cl)cc3)n2)CCN1. The Morgan fingerprint density at radius 3 is 2.96 bits per heavy atom. The summed E-state index contributed by atoms with van der Waals surface area (Å²) in [5.74, 6) is 0.383. The molecule has 2 N–H and O–H groups in total. The lowest BCUT2D eigenvalue weighted by Gasteiger charge is -2.28. The van der Waals surface area contributed by atoms with Gasteiger partial charge in [0.15, 0.2) is 0 Å². The Labute approximate surface area is 139 Å². The first-order chi connectivity index (χ1) is 11.1. The van der Waals surface area contributed by atoms with Crippen LogP contribution in [0.3, 0.4) is 0 Å². The van der Waals surface area contributed by atoms with E-state index in [9.17, 15) is 4.79 Å². The van der Waals surface area contributed by atoms with E-state index >= 15 is 0 Å². The van der Waals surface area contributed by atoms with Gasteiger partial charge in [0.25, 0.3) is 0 Å². The van der Waals surface area contributed by atoms with E-state index < -0.39 is 0 Å². The van der Waals surface area contributed by atoms with Crippen LogP contribution in [0.1, 0.15) is 19.8 Å². The third kappa shape index (κ3) is 4.27. The van der Waals surface area contributed by atoms with Crippen molar-refractivity contribution < 1.29 is 4.79 Å². The van der Waals surface area contributed by atoms with E-state index in [0.29, 0.717) is 16.9 Å². The first-order valence-corrected chi connectivity index (χ1v) is 8.04. The van der Waals surface area contributed by atoms with Crippen molar-refractivity contribution in [2.24, 2.45) is 0 Å². The van der Waals surface area contributed by atoms with Gasteiger partial charge >= 0.3 is 0 Å². The number of aromatic nitrogens is 4. The number of amides is 1. The summed E-state index contributed by atoms with van der Waals surface area (Å²) in [5, 5.41) is 19.2. The Balaban J connectivity index is 1.58. The van der Waals surface area contributed by atoms with Gasteiger partial charge < -0.3 is 10.6 Å². The smallest absolute Gasteiger partial charge is 0.243 e. The summed E-state index contributed by atoms with van der Waals surface area (Å²) in [6, 6.07) is 7.80. The number of carbonyl (C=O) groups excluding carboxylic acids is 1. The lowest BCUT2D eigenvalue weighted by molar-refractivity contribution is -0.123. The van der Waals surface area contributed by atoms with Gasteiger partial charge in [-0.05, 0) is 55.8 Å². The van der Waals surface area contributed by atoms with Crippen LogP contribution in [0, 0.1) is 0 Å². The highest BCUT2D eigenvalue weighted by molar-refractivity contribution is 6.30. The summed E-state index contributed by atoms with van der Waals surface area (Å²) >= 11 is 5.86. The Morgan fingerprint density at radius 2 is 2.22 bits per heavy atom. The molecule has 2 aromatic rings. The van der Waals surface area contributed by atoms with Gasteiger partial charge in [-0.25, -0.2) is 0 Å². The molecule has 0 saturated carbocycles. The molecule has 0 bridgehead atoms. The third-order valence-electron chi connectivity index (χ3n) is 3.83. The van der Waals surface area contributed by atoms with Crippen LogP contribution in [0.15, 0.2) is 24.3 Å². The zero-order valence-electron chi connectivity index (χ0n) is 12.9. The molecule has 1 aliphatic heterocycles. The maximum atomic E-state index is 12.1. The van der Waals surface area contributed by atoms with E-state index in [0.717, 1.165) is 24.9 Å². The molecule has 23 heavy (non-hydrogen) atoms. The molecule has 2 heterocycles. The zero-order valence-corrected chi connectivity index (χ0v) is 13.6. The maximum Gasteiger partial charge on any atom is 0.243 e. The predicted octanol–water partition coefficient (Wildman–Crippen LogP) is 1.25. The molecule has 1 aromatic heterocycles. The van der Waals surface area contributed by atoms with Crippen LogP contribution < -0.4 is 10.6 Å². The van der Waals surface area contributed by atoms with Crippen LogP contribution in [0.25, 0.3) is 11.4 Å². The van der Waals surface area contributed by atoms with Gasteiger partial charge in [0.1, 0.15) is 6.54 Å². The van der Waals surface area contributed by atoms with E-state index in [1.54, 1.807) is 12.1 Å². The first-order valence-electron chi connectivity index (χ1n) is 7.66. The normalized spacial score (nSPS) is 21.1. The second-order valence-electron chi connectivity index (χ2n) is 5.79. The van der Waals surface area contributed by atoms with Crippen molar-refractivity contribution in [3.8, 4) is 11.4 Å². The minimum absolute atomic E-state index is 0.0684. The molecule has 1 amide bonds. The number of rotatable bonds is 4. The number of nitrogens with zero attached hydrogens (tertiary/aromatic N) is 4. The Hall–Kier alpha value is -1.99. The van der Waals surface area contributed by atoms with Gasteiger partial charge in [-0.1, -0.05) is 11.6 Å². The van der Waals surface area contributed by atoms with E-state index in [1.807, 2.05) is 12.1 Å². The minimum atomic E-state index is -0.0934. The number of carbonyl (C=O) groups is 1. The molecule has 3 rings (SSSR count). The minimum Gasteiger partial charge on any atom is -0.352 e. The molecule has 1 aliphatic rings. The first kappa shape index (κ1) is 15.9. The third-order valence-corrected chi connectivity index (χ3v) is 4.08. The Morgan fingerprint density at radius 1 is 1.43 bits per heavy atom. The maximum absolute atomic E-state index is 12.1. The number of benzene rings is 1. The van der Waals surface area contributed by atoms with E-state index in [4.69, 9.17) is 11.6 Å². The largest absolute Gasteiger partial charge is 0.352 e. The van der Waals surface area contributed by atoms with Crippen LogP contribution in [-0.2, 0) is 11.3 Å². The Kier molecular flexibility index (Phi) is 4.88. The molecular weight excluding hydrogens is 316 g/mol. The molecule has 2 atom stereocenters. The summed E-state index contributed by atoms with van der Waals surface area (Å²) < 4.78 is 0. The monoisotopic (exact) mass is 334 g/mol. The van der Waals surface area contributed by atoms with Crippen molar-refractivity contribution in [1.29, 1.82) is 0 Å². The van der Waals surface area contributed by atoms with Gasteiger partial charge in [-0.15, -0.1) is 10.2 Å². The summed E-state index contributed by atoms with van der Waals surface area (Å²) in [4.78, 5) is 13.4. The second-order valence-corrected chi connectivity index (χ2v) is 6.23. The second kappa shape index (κ2) is 7.06. The van der Waals surface area contributed by atoms with Gasteiger partial charge in [0, 0.05) is 22.7 Å². The van der Waals surface area contributed by atoms with Crippen molar-refractivity contribution in [3.05, 3.63) is 29.3 Å². The lowest BCUT2D eigenvalue weighted by atomic mass is 10.0. The summed E-state index contributed by atoms with van der Waals surface area (Å²) in [5.41, 5.74) is 0.813. The molecule has 1 fully saturated rings. The molecular formula is C15H19ClN6O. The molecule has 0 spiro atoms. The number of hydrogen-bond donors (Lipinski definition) is 2. The number of halogens is 1. The zero-order chi connectivity index (χ0) is 16.2. The Bertz CT molecular complexity index is 671. The van der Waals surface area contributed by atoms with Crippen LogP contribution in [0.4, 0.5) is 0 Å². The number of nitrogens with one attached hydrogen (secondary N) is 2. The molecule has 0 aliphatic carbocycles. The molecule has 1 aromatic carbocycles. The van der Waals surface area contributed by atoms with E-state index in [2.05, 4.69) is 33.0 Å². The molecule has 0 radical (unpaired) electrons. The highest BCUT2D eigenvalue weighted by Gasteiger charge is 2.20. The van der Waals surface area contributed by atoms with Gasteiger partial charge in [0.2, 0.25) is 11.7 Å². The quantitative estimate of drug-likeness (QED) is 0.879. The fraction of sp³-hybridized carbons (Fsp3) is 0.467. The topological polar surface area (TPSA) is 84.7 Å². The fourth-order valence-corrected chi connectivity index (χ4v) is 2.82. The molecule has 8 heteroatoms. The lowest BCUT2D eigenvalue weighted by Crippen LogP contribution is -2.47. The van der Waals surface area contributed by atoms with E-state index in [-0.39, 0.29) is 18.5 Å². The molecule has 7 nitrogen and oxygen atoms in total. The predicted molar refractivity (Wildman–Crippen MR) is 86.9 cm³/mol. The average Bonchev–Trinajstić information content (AvgIpc) is 2.96. The molecule has 1 saturated heterocycles. The number of tetrazole rings is 1. The summed E-state index contributed by atoms with van der Waals surface area (Å²) in [6.07, 6.45) is 1.88. The highest BCUT2D eigenvalue weighted by atomic mass is 35.5. The van der Waals surface area contributed by atoms with Crippen LogP contribution in [-0.4, -0.2) is 44.7 Å². The van der Waals surface area contributed by atoms with Crippen molar-refractivity contribution in [2.75, 3.05) is 6.54 Å². The van der Waals surface area contributed by atoms with Crippen molar-refractivity contribution >= 4 is 17.5 Å². The van der Waals surface area contributed by atoms with Crippen LogP contribution in [0.2, 0.25) is 5.02 Å². The standard InChI is InChI=1S/C15H19ClN6O/c1-10-8-13(6-7-17-10)18-14(23)9-22-20-15(19-21-22)11-2-4-12(16)5-3-11/h2-5,10,13,17H,6-9H2,1H3,(H,18,23)/t10-,13+/m1/s1. The number of hydrogen-bond acceptors (Lipinski definition) is 5. The van der Waals surface area contributed by atoms with Gasteiger partial charge in [-0.2, -0.15) is 4.80 Å². The van der Waals surface area contributed by atoms with Crippen molar-refractivity contribution in [2.45, 2.75) is 38.4 Å².